The molecule has 2 aliphatic heterocycles. The Balaban J connectivity index is 1.29. The van der Waals surface area contributed by atoms with E-state index in [2.05, 4.69) is 5.32 Å². The lowest BCUT2D eigenvalue weighted by Crippen LogP contribution is -2.28. The van der Waals surface area contributed by atoms with E-state index in [1.807, 2.05) is 31.2 Å². The molecule has 0 spiro atoms. The number of nitrogens with zero attached hydrogens (tertiary/aromatic N) is 1. The molecule has 8 heteroatoms. The maximum absolute atomic E-state index is 12.3. The van der Waals surface area contributed by atoms with E-state index in [1.165, 1.54) is 0 Å². The predicted molar refractivity (Wildman–Crippen MR) is 104 cm³/mol. The van der Waals surface area contributed by atoms with Crippen molar-refractivity contribution in [2.24, 2.45) is 5.92 Å². The molecule has 8 nitrogen and oxygen atoms in total. The van der Waals surface area contributed by atoms with Crippen molar-refractivity contribution in [3.8, 4) is 11.5 Å². The van der Waals surface area contributed by atoms with Gasteiger partial charge in [0, 0.05) is 30.4 Å². The Morgan fingerprint density at radius 1 is 1.14 bits per heavy atom. The normalized spacial score (nSPS) is 17.3. The third-order valence-corrected chi connectivity index (χ3v) is 4.81. The number of fused-ring (bicyclic) bond motifs is 1. The molecular weight excluding hydrogens is 376 g/mol. The second-order valence-electron chi connectivity index (χ2n) is 6.96. The Morgan fingerprint density at radius 3 is 2.69 bits per heavy atom. The van der Waals surface area contributed by atoms with Gasteiger partial charge in [0.15, 0.2) is 18.1 Å². The Morgan fingerprint density at radius 2 is 1.90 bits per heavy atom. The standard InChI is InChI=1S/C21H20N2O6/c1-13-2-5-16(6-3-13)23-10-14(8-20(23)25)21(26)27-11-19(24)22-15-4-7-17-18(9-15)29-12-28-17/h2-7,9,14H,8,10-12H2,1H3,(H,22,24)/t14-/m1/s1. The molecular formula is C21H20N2O6. The van der Waals surface area contributed by atoms with Gasteiger partial charge in [0.05, 0.1) is 5.92 Å². The van der Waals surface area contributed by atoms with Crippen LogP contribution in [0.1, 0.15) is 12.0 Å². The summed E-state index contributed by atoms with van der Waals surface area (Å²) in [5.41, 5.74) is 2.35. The molecule has 2 aromatic carbocycles. The summed E-state index contributed by atoms with van der Waals surface area (Å²) in [6, 6.07) is 12.5. The zero-order valence-corrected chi connectivity index (χ0v) is 15.8. The van der Waals surface area contributed by atoms with Crippen LogP contribution in [-0.2, 0) is 19.1 Å². The lowest BCUT2D eigenvalue weighted by molar-refractivity contribution is -0.151. The molecule has 150 valence electrons. The fourth-order valence-corrected chi connectivity index (χ4v) is 3.27. The molecule has 1 atom stereocenters. The number of carbonyl (C=O) groups excluding carboxylic acids is 3. The highest BCUT2D eigenvalue weighted by molar-refractivity contribution is 6.00. The van der Waals surface area contributed by atoms with Crippen LogP contribution in [0.3, 0.4) is 0 Å². The van der Waals surface area contributed by atoms with E-state index in [1.54, 1.807) is 23.1 Å². The van der Waals surface area contributed by atoms with E-state index in [9.17, 15) is 14.4 Å². The minimum atomic E-state index is -0.595. The molecule has 1 N–H and O–H groups in total. The highest BCUT2D eigenvalue weighted by Crippen LogP contribution is 2.34. The first-order valence-electron chi connectivity index (χ1n) is 9.23. The highest BCUT2D eigenvalue weighted by Gasteiger charge is 2.36. The number of amides is 2. The number of anilines is 2. The Kier molecular flexibility index (Phi) is 5.07. The smallest absolute Gasteiger partial charge is 0.311 e. The van der Waals surface area contributed by atoms with Gasteiger partial charge < -0.3 is 24.4 Å². The number of rotatable bonds is 5. The average Bonchev–Trinajstić information content (AvgIpc) is 3.33. The van der Waals surface area contributed by atoms with Gasteiger partial charge >= 0.3 is 5.97 Å². The Labute approximate surface area is 167 Å². The summed E-state index contributed by atoms with van der Waals surface area (Å²) in [5.74, 6) is -0.618. The first-order chi connectivity index (χ1) is 14.0. The minimum Gasteiger partial charge on any atom is -0.455 e. The van der Waals surface area contributed by atoms with Gasteiger partial charge in [-0.25, -0.2) is 0 Å². The van der Waals surface area contributed by atoms with E-state index in [0.717, 1.165) is 11.3 Å². The first kappa shape index (κ1) is 18.8. The van der Waals surface area contributed by atoms with Crippen molar-refractivity contribution >= 4 is 29.2 Å². The second-order valence-corrected chi connectivity index (χ2v) is 6.96. The van der Waals surface area contributed by atoms with Crippen LogP contribution in [0, 0.1) is 12.8 Å². The van der Waals surface area contributed by atoms with Crippen molar-refractivity contribution < 1.29 is 28.6 Å². The Hall–Kier alpha value is -3.55. The van der Waals surface area contributed by atoms with Gasteiger partial charge in [-0.2, -0.15) is 0 Å². The van der Waals surface area contributed by atoms with Crippen LogP contribution >= 0.6 is 0 Å². The van der Waals surface area contributed by atoms with E-state index in [-0.39, 0.29) is 25.7 Å². The van der Waals surface area contributed by atoms with Crippen LogP contribution in [0.4, 0.5) is 11.4 Å². The van der Waals surface area contributed by atoms with Crippen LogP contribution in [0.15, 0.2) is 42.5 Å². The van der Waals surface area contributed by atoms with Gasteiger partial charge in [-0.1, -0.05) is 17.7 Å². The number of hydrogen-bond acceptors (Lipinski definition) is 6. The molecule has 1 fully saturated rings. The van der Waals surface area contributed by atoms with Gasteiger partial charge in [0.2, 0.25) is 12.7 Å². The molecule has 29 heavy (non-hydrogen) atoms. The highest BCUT2D eigenvalue weighted by atomic mass is 16.7. The summed E-state index contributed by atoms with van der Waals surface area (Å²) in [6.07, 6.45) is 0.0660. The van der Waals surface area contributed by atoms with Crippen LogP contribution in [0.2, 0.25) is 0 Å². The topological polar surface area (TPSA) is 94.2 Å². The molecule has 0 bridgehead atoms. The molecule has 2 aliphatic rings. The number of carbonyl (C=O) groups is 3. The summed E-state index contributed by atoms with van der Waals surface area (Å²) in [4.78, 5) is 38.2. The molecule has 0 unspecified atom stereocenters. The Bertz CT molecular complexity index is 956. The molecule has 0 aliphatic carbocycles. The van der Waals surface area contributed by atoms with Gasteiger partial charge in [0.25, 0.3) is 5.91 Å². The fourth-order valence-electron chi connectivity index (χ4n) is 3.27. The quantitative estimate of drug-likeness (QED) is 0.779. The molecule has 2 heterocycles. The second kappa shape index (κ2) is 7.83. The largest absolute Gasteiger partial charge is 0.455 e. The SMILES string of the molecule is Cc1ccc(N2C[C@H](C(=O)OCC(=O)Nc3ccc4c(c3)OCO4)CC2=O)cc1. The van der Waals surface area contributed by atoms with Crippen molar-refractivity contribution in [3.63, 3.8) is 0 Å². The molecule has 0 aromatic heterocycles. The number of esters is 1. The van der Waals surface area contributed by atoms with Crippen molar-refractivity contribution in [1.29, 1.82) is 0 Å². The van der Waals surface area contributed by atoms with Gasteiger partial charge in [0.1, 0.15) is 0 Å². The number of nitrogens with one attached hydrogen (secondary N) is 1. The maximum atomic E-state index is 12.3. The average molecular weight is 396 g/mol. The van der Waals surface area contributed by atoms with Crippen LogP contribution in [0.5, 0.6) is 11.5 Å². The minimum absolute atomic E-state index is 0.0660. The molecule has 0 saturated carbocycles. The van der Waals surface area contributed by atoms with Gasteiger partial charge in [-0.3, -0.25) is 14.4 Å². The predicted octanol–water partition coefficient (Wildman–Crippen LogP) is 2.26. The van der Waals surface area contributed by atoms with E-state index in [0.29, 0.717) is 17.2 Å². The van der Waals surface area contributed by atoms with Crippen molar-refractivity contribution in [1.82, 2.24) is 0 Å². The van der Waals surface area contributed by atoms with Crippen molar-refractivity contribution in [2.45, 2.75) is 13.3 Å². The molecule has 1 saturated heterocycles. The van der Waals surface area contributed by atoms with E-state index >= 15 is 0 Å². The summed E-state index contributed by atoms with van der Waals surface area (Å²) in [5, 5.41) is 2.64. The molecule has 4 rings (SSSR count). The van der Waals surface area contributed by atoms with Gasteiger partial charge in [-0.05, 0) is 31.2 Å². The third kappa shape index (κ3) is 4.16. The van der Waals surface area contributed by atoms with E-state index < -0.39 is 24.4 Å². The molecule has 2 aromatic rings. The summed E-state index contributed by atoms with van der Waals surface area (Å²) < 4.78 is 15.6. The summed E-state index contributed by atoms with van der Waals surface area (Å²) >= 11 is 0. The zero-order valence-electron chi connectivity index (χ0n) is 15.8. The summed E-state index contributed by atoms with van der Waals surface area (Å²) in [6.45, 7) is 1.92. The molecule has 2 amide bonds. The third-order valence-electron chi connectivity index (χ3n) is 4.81. The van der Waals surface area contributed by atoms with E-state index in [4.69, 9.17) is 14.2 Å². The maximum Gasteiger partial charge on any atom is 0.311 e. The van der Waals surface area contributed by atoms with Crippen LogP contribution < -0.4 is 19.7 Å². The van der Waals surface area contributed by atoms with Gasteiger partial charge in [-0.15, -0.1) is 0 Å². The van der Waals surface area contributed by atoms with Crippen LogP contribution in [0.25, 0.3) is 0 Å². The first-order valence-corrected chi connectivity index (χ1v) is 9.23. The lowest BCUT2D eigenvalue weighted by Gasteiger charge is -2.16. The fraction of sp³-hybridized carbons (Fsp3) is 0.286. The molecule has 0 radical (unpaired) electrons. The number of aryl methyl sites for hydroxylation is 1. The number of hydrogen-bond donors (Lipinski definition) is 1. The van der Waals surface area contributed by atoms with Crippen molar-refractivity contribution in [3.05, 3.63) is 48.0 Å². The monoisotopic (exact) mass is 396 g/mol. The number of ether oxygens (including phenoxy) is 3. The van der Waals surface area contributed by atoms with Crippen molar-refractivity contribution in [2.75, 3.05) is 30.2 Å². The number of benzene rings is 2. The zero-order chi connectivity index (χ0) is 20.4. The lowest BCUT2D eigenvalue weighted by atomic mass is 10.1. The van der Waals surface area contributed by atoms with Crippen LogP contribution in [-0.4, -0.2) is 37.7 Å². The summed E-state index contributed by atoms with van der Waals surface area (Å²) in [7, 11) is 0.